The molecule has 2 atom stereocenters. The molecule has 0 bridgehead atoms. The Kier molecular flexibility index (Phi) is 1.87. The van der Waals surface area contributed by atoms with Crippen LogP contribution in [-0.4, -0.2) is 15.5 Å². The molecular weight excluding hydrogens is 226 g/mol. The average molecular weight is 239 g/mol. The van der Waals surface area contributed by atoms with E-state index < -0.39 is 6.10 Å². The zero-order valence-corrected chi connectivity index (χ0v) is 9.84. The Morgan fingerprint density at radius 3 is 3.00 bits per heavy atom. The molecule has 3 nitrogen and oxygen atoms in total. The number of carbonyl (C=O) groups excluding carboxylic acids is 1. The number of fused-ring (bicyclic) bond motifs is 4. The summed E-state index contributed by atoms with van der Waals surface area (Å²) >= 11 is 0. The fraction of sp³-hybridized carbons (Fsp3) is 0.267. The lowest BCUT2D eigenvalue weighted by Gasteiger charge is -2.29. The molecule has 2 aliphatic rings. The lowest BCUT2D eigenvalue weighted by atomic mass is 9.90. The Balaban J connectivity index is 1.96. The fourth-order valence-electron chi connectivity index (χ4n) is 3.24. The molecular formula is C15H13NO2. The van der Waals surface area contributed by atoms with Crippen LogP contribution in [0.4, 0.5) is 0 Å². The van der Waals surface area contributed by atoms with Crippen LogP contribution in [0.3, 0.4) is 0 Å². The van der Waals surface area contributed by atoms with Crippen LogP contribution in [0.2, 0.25) is 0 Å². The van der Waals surface area contributed by atoms with E-state index in [0.29, 0.717) is 6.42 Å². The normalized spacial score (nSPS) is 26.1. The first-order chi connectivity index (χ1) is 8.74. The van der Waals surface area contributed by atoms with Gasteiger partial charge in [-0.1, -0.05) is 18.2 Å². The number of nitrogens with zero attached hydrogens (tertiary/aromatic N) is 1. The van der Waals surface area contributed by atoms with Crippen molar-refractivity contribution in [3.63, 3.8) is 0 Å². The van der Waals surface area contributed by atoms with Crippen molar-refractivity contribution in [2.45, 2.75) is 19.1 Å². The van der Waals surface area contributed by atoms with Crippen LogP contribution in [0.25, 0.3) is 10.9 Å². The molecule has 1 aliphatic heterocycles. The molecule has 0 saturated heterocycles. The first-order valence-electron chi connectivity index (χ1n) is 6.23. The molecule has 3 heteroatoms. The van der Waals surface area contributed by atoms with Crippen LogP contribution in [-0.2, 0) is 11.3 Å². The third-order valence-corrected chi connectivity index (χ3v) is 4.11. The highest BCUT2D eigenvalue weighted by Crippen LogP contribution is 2.42. The van der Waals surface area contributed by atoms with Crippen LogP contribution in [0.1, 0.15) is 18.2 Å². The maximum Gasteiger partial charge on any atom is 0.156 e. The highest BCUT2D eigenvalue weighted by molar-refractivity contribution is 5.94. The van der Waals surface area contributed by atoms with Gasteiger partial charge in [0, 0.05) is 30.1 Å². The van der Waals surface area contributed by atoms with Gasteiger partial charge in [-0.2, -0.15) is 0 Å². The molecule has 0 unspecified atom stereocenters. The summed E-state index contributed by atoms with van der Waals surface area (Å²) in [5.74, 6) is 0.137. The van der Waals surface area contributed by atoms with Crippen molar-refractivity contribution < 1.29 is 9.90 Å². The molecule has 1 aromatic heterocycles. The number of allylic oxidation sites excluding steroid dienone is 1. The minimum Gasteiger partial charge on any atom is -0.386 e. The van der Waals surface area contributed by atoms with E-state index in [-0.39, 0.29) is 11.7 Å². The van der Waals surface area contributed by atoms with E-state index in [1.165, 1.54) is 0 Å². The molecule has 2 heterocycles. The first-order valence-corrected chi connectivity index (χ1v) is 6.23. The smallest absolute Gasteiger partial charge is 0.156 e. The third kappa shape index (κ3) is 1.20. The van der Waals surface area contributed by atoms with Crippen molar-refractivity contribution in [3.05, 3.63) is 47.7 Å². The largest absolute Gasteiger partial charge is 0.386 e. The van der Waals surface area contributed by atoms with E-state index >= 15 is 0 Å². The number of carbonyl (C=O) groups is 1. The maximum absolute atomic E-state index is 11.5. The Bertz CT molecular complexity index is 696. The summed E-state index contributed by atoms with van der Waals surface area (Å²) in [6.45, 7) is 0.732. The van der Waals surface area contributed by atoms with Crippen LogP contribution in [0.15, 0.2) is 42.0 Å². The van der Waals surface area contributed by atoms with Gasteiger partial charge in [-0.05, 0) is 29.2 Å². The molecule has 4 rings (SSSR count). The van der Waals surface area contributed by atoms with E-state index in [1.54, 1.807) is 6.08 Å². The standard InChI is InChI=1S/C15H13NO2/c17-11-5-10-8-16-13-4-2-1-3-9(13)6-14(16)15(18)12(10)7-11/h1-6,12,15,18H,7-8H2/t12-,15-/m0/s1. The number of aliphatic hydroxyl groups excluding tert-OH is 1. The van der Waals surface area contributed by atoms with Gasteiger partial charge >= 0.3 is 0 Å². The number of aliphatic hydroxyl groups is 1. The predicted octanol–water partition coefficient (Wildman–Crippen LogP) is 2.20. The lowest BCUT2D eigenvalue weighted by Crippen LogP contribution is -2.24. The first kappa shape index (κ1) is 10.1. The molecule has 0 fully saturated rings. The van der Waals surface area contributed by atoms with Gasteiger partial charge in [0.15, 0.2) is 5.78 Å². The summed E-state index contributed by atoms with van der Waals surface area (Å²) in [5.41, 5.74) is 3.14. The van der Waals surface area contributed by atoms with Gasteiger partial charge in [-0.25, -0.2) is 0 Å². The van der Waals surface area contributed by atoms with Crippen molar-refractivity contribution in [3.8, 4) is 0 Å². The van der Waals surface area contributed by atoms with E-state index in [1.807, 2.05) is 18.2 Å². The van der Waals surface area contributed by atoms with E-state index in [4.69, 9.17) is 0 Å². The van der Waals surface area contributed by atoms with E-state index in [0.717, 1.165) is 28.7 Å². The summed E-state index contributed by atoms with van der Waals surface area (Å²) < 4.78 is 2.13. The number of aromatic nitrogens is 1. The summed E-state index contributed by atoms with van der Waals surface area (Å²) in [7, 11) is 0. The third-order valence-electron chi connectivity index (χ3n) is 4.11. The van der Waals surface area contributed by atoms with Crippen molar-refractivity contribution in [1.29, 1.82) is 0 Å². The molecule has 1 N–H and O–H groups in total. The second-order valence-corrected chi connectivity index (χ2v) is 5.16. The summed E-state index contributed by atoms with van der Waals surface area (Å²) in [6, 6.07) is 10.2. The molecule has 0 radical (unpaired) electrons. The van der Waals surface area contributed by atoms with Crippen LogP contribution in [0.5, 0.6) is 0 Å². The van der Waals surface area contributed by atoms with Gasteiger partial charge in [0.05, 0.1) is 0 Å². The number of benzene rings is 1. The van der Waals surface area contributed by atoms with Gasteiger partial charge in [0.1, 0.15) is 6.10 Å². The molecule has 1 aromatic carbocycles. The monoisotopic (exact) mass is 239 g/mol. The highest BCUT2D eigenvalue weighted by Gasteiger charge is 2.37. The quantitative estimate of drug-likeness (QED) is 0.765. The Labute approximate surface area is 104 Å². The predicted molar refractivity (Wildman–Crippen MR) is 68.1 cm³/mol. The molecule has 1 aliphatic carbocycles. The molecule has 18 heavy (non-hydrogen) atoms. The maximum atomic E-state index is 11.5. The van der Waals surface area contributed by atoms with Gasteiger partial charge in [-0.3, -0.25) is 4.79 Å². The second-order valence-electron chi connectivity index (χ2n) is 5.16. The van der Waals surface area contributed by atoms with E-state index in [2.05, 4.69) is 16.7 Å². The summed E-state index contributed by atoms with van der Waals surface area (Å²) in [4.78, 5) is 11.5. The molecule has 0 saturated carbocycles. The second kappa shape index (κ2) is 3.33. The minimum absolute atomic E-state index is 0.00527. The summed E-state index contributed by atoms with van der Waals surface area (Å²) in [6.07, 6.45) is 1.62. The fourth-order valence-corrected chi connectivity index (χ4v) is 3.24. The molecule has 90 valence electrons. The molecule has 0 amide bonds. The average Bonchev–Trinajstić information content (AvgIpc) is 2.91. The number of ketones is 1. The van der Waals surface area contributed by atoms with Gasteiger partial charge in [0.2, 0.25) is 0 Å². The van der Waals surface area contributed by atoms with Crippen molar-refractivity contribution in [2.75, 3.05) is 0 Å². The van der Waals surface area contributed by atoms with Gasteiger partial charge in [-0.15, -0.1) is 0 Å². The van der Waals surface area contributed by atoms with Gasteiger partial charge < -0.3 is 9.67 Å². The minimum atomic E-state index is -0.552. The zero-order chi connectivity index (χ0) is 12.3. The Morgan fingerprint density at radius 2 is 2.11 bits per heavy atom. The molecule has 0 spiro atoms. The number of hydrogen-bond acceptors (Lipinski definition) is 2. The van der Waals surface area contributed by atoms with Gasteiger partial charge in [0.25, 0.3) is 0 Å². The SMILES string of the molecule is O=C1C=C2Cn3c(cc4ccccc43)[C@@H](O)[C@H]2C1. The van der Waals surface area contributed by atoms with Crippen molar-refractivity contribution in [2.24, 2.45) is 5.92 Å². The number of para-hydroxylation sites is 1. The van der Waals surface area contributed by atoms with E-state index in [9.17, 15) is 9.90 Å². The zero-order valence-electron chi connectivity index (χ0n) is 9.84. The number of hydrogen-bond donors (Lipinski definition) is 1. The number of rotatable bonds is 0. The topological polar surface area (TPSA) is 42.2 Å². The lowest BCUT2D eigenvalue weighted by molar-refractivity contribution is -0.115. The Hall–Kier alpha value is -1.87. The molecule has 2 aromatic rings. The van der Waals surface area contributed by atoms with Crippen LogP contribution in [0, 0.1) is 5.92 Å². The van der Waals surface area contributed by atoms with Crippen LogP contribution >= 0.6 is 0 Å². The van der Waals surface area contributed by atoms with Crippen molar-refractivity contribution in [1.82, 2.24) is 4.57 Å². The van der Waals surface area contributed by atoms with Crippen LogP contribution < -0.4 is 0 Å². The van der Waals surface area contributed by atoms with Crippen molar-refractivity contribution >= 4 is 16.7 Å². The summed E-state index contributed by atoms with van der Waals surface area (Å²) in [5, 5.41) is 11.6. The highest BCUT2D eigenvalue weighted by atomic mass is 16.3. The Morgan fingerprint density at radius 1 is 1.28 bits per heavy atom.